The lowest BCUT2D eigenvalue weighted by Crippen LogP contribution is -2.65. The highest BCUT2D eigenvalue weighted by Gasteiger charge is 2.46. The maximum Gasteiger partial charge on any atom is 0.249 e. The Morgan fingerprint density at radius 1 is 1.27 bits per heavy atom. The largest absolute Gasteiger partial charge is 0.387 e. The van der Waals surface area contributed by atoms with Crippen LogP contribution in [0.4, 0.5) is 0 Å². The Morgan fingerprint density at radius 3 is 2.62 bits per heavy atom. The molecule has 0 bridgehead atoms. The molecule has 2 rings (SSSR count). The summed E-state index contributed by atoms with van der Waals surface area (Å²) in [5.74, 6) is -0.997. The van der Waals surface area contributed by atoms with Crippen molar-refractivity contribution in [3.63, 3.8) is 0 Å². The molecule has 1 saturated heterocycles. The van der Waals surface area contributed by atoms with E-state index < -0.39 is 36.6 Å². The van der Waals surface area contributed by atoms with Crippen molar-refractivity contribution in [2.24, 2.45) is 10.8 Å². The van der Waals surface area contributed by atoms with E-state index in [-0.39, 0.29) is 5.11 Å². The van der Waals surface area contributed by atoms with Crippen molar-refractivity contribution in [1.29, 1.82) is 0 Å². The number of rotatable bonds is 4. The van der Waals surface area contributed by atoms with Crippen molar-refractivity contribution in [3.05, 3.63) is 33.8 Å². The molecule has 1 aliphatic heterocycles. The fourth-order valence-corrected chi connectivity index (χ4v) is 2.70. The van der Waals surface area contributed by atoms with Gasteiger partial charge >= 0.3 is 0 Å². The Hall–Kier alpha value is -1.53. The number of nitrogens with one attached hydrogen (secondary N) is 2. The fraction of sp³-hybridized carbons (Fsp3) is 0.357. The normalized spacial score (nSPS) is 28.7. The first-order valence-electron chi connectivity index (χ1n) is 7.25. The van der Waals surface area contributed by atoms with Crippen molar-refractivity contribution in [2.75, 3.05) is 0 Å². The first-order chi connectivity index (χ1) is 12.2. The summed E-state index contributed by atoms with van der Waals surface area (Å²) in [6, 6.07) is 4.99. The Balaban J connectivity index is 1.97. The second-order valence-corrected chi connectivity index (χ2v) is 6.53. The second kappa shape index (κ2) is 8.91. The van der Waals surface area contributed by atoms with E-state index in [0.29, 0.717) is 15.6 Å². The van der Waals surface area contributed by atoms with Gasteiger partial charge in [-0.1, -0.05) is 35.3 Å². The molecule has 1 heterocycles. The zero-order valence-corrected chi connectivity index (χ0v) is 15.4. The maximum absolute atomic E-state index is 11.3. The fourth-order valence-electron chi connectivity index (χ4n) is 2.18. The number of benzene rings is 1. The SMILES string of the molecule is NC(=O)[C@H]1O[C@@H](NC(=S)N/N=C/c2cccc(Cl)c2Cl)[C@H](O)[C@@H](O)[C@@H]1O. The van der Waals surface area contributed by atoms with Gasteiger partial charge in [-0.25, -0.2) is 0 Å². The number of halogens is 2. The van der Waals surface area contributed by atoms with Crippen LogP contribution in [-0.4, -0.2) is 63.2 Å². The zero-order chi connectivity index (χ0) is 19.4. The summed E-state index contributed by atoms with van der Waals surface area (Å²) < 4.78 is 5.15. The van der Waals surface area contributed by atoms with Gasteiger partial charge in [0.25, 0.3) is 0 Å². The third-order valence-corrected chi connectivity index (χ3v) is 4.56. The van der Waals surface area contributed by atoms with Gasteiger partial charge in [0.1, 0.15) is 18.3 Å². The molecule has 0 saturated carbocycles. The Kier molecular flexibility index (Phi) is 7.12. The molecule has 1 aromatic rings. The van der Waals surface area contributed by atoms with Crippen molar-refractivity contribution in [3.8, 4) is 0 Å². The van der Waals surface area contributed by atoms with Gasteiger partial charge < -0.3 is 31.1 Å². The molecular weight excluding hydrogens is 407 g/mol. The molecule has 1 amide bonds. The number of hydrogen-bond donors (Lipinski definition) is 6. The summed E-state index contributed by atoms with van der Waals surface area (Å²) in [4.78, 5) is 11.3. The standard InChI is InChI=1S/C14H16Cl2N4O5S/c15-6-3-1-2-5(7(6)16)4-18-20-14(26)19-13-10(23)8(21)9(22)11(25-13)12(17)24/h1-4,8-11,13,21-23H,(H2,17,24)(H2,19,20,26)/b18-4+/t8-,9-,10+,11-,13+/m0/s1. The van der Waals surface area contributed by atoms with Crippen molar-refractivity contribution in [1.82, 2.24) is 10.7 Å². The molecule has 12 heteroatoms. The minimum Gasteiger partial charge on any atom is -0.387 e. The molecule has 0 aliphatic carbocycles. The number of aliphatic hydroxyl groups excluding tert-OH is 3. The van der Waals surface area contributed by atoms with Gasteiger partial charge in [0.2, 0.25) is 5.91 Å². The molecule has 1 aromatic carbocycles. The summed E-state index contributed by atoms with van der Waals surface area (Å²) in [6.45, 7) is 0. The first-order valence-corrected chi connectivity index (χ1v) is 8.41. The highest BCUT2D eigenvalue weighted by atomic mass is 35.5. The van der Waals surface area contributed by atoms with Crippen LogP contribution >= 0.6 is 35.4 Å². The molecule has 142 valence electrons. The second-order valence-electron chi connectivity index (χ2n) is 5.34. The number of aliphatic hydroxyl groups is 3. The zero-order valence-electron chi connectivity index (χ0n) is 13.0. The van der Waals surface area contributed by atoms with E-state index in [1.54, 1.807) is 18.2 Å². The van der Waals surface area contributed by atoms with Gasteiger partial charge in [0.15, 0.2) is 17.4 Å². The molecule has 0 unspecified atom stereocenters. The van der Waals surface area contributed by atoms with Crippen LogP contribution in [0.15, 0.2) is 23.3 Å². The summed E-state index contributed by atoms with van der Waals surface area (Å²) in [5, 5.41) is 36.3. The van der Waals surface area contributed by atoms with Crippen molar-refractivity contribution in [2.45, 2.75) is 30.6 Å². The summed E-state index contributed by atoms with van der Waals surface area (Å²) in [7, 11) is 0. The van der Waals surface area contributed by atoms with E-state index in [9.17, 15) is 20.1 Å². The molecule has 0 radical (unpaired) electrons. The summed E-state index contributed by atoms with van der Waals surface area (Å²) in [6.07, 6.45) is -6.32. The molecule has 1 aliphatic rings. The lowest BCUT2D eigenvalue weighted by atomic mass is 9.98. The Morgan fingerprint density at radius 2 is 1.96 bits per heavy atom. The van der Waals surface area contributed by atoms with Gasteiger partial charge in [0.05, 0.1) is 16.3 Å². The number of nitrogens with two attached hydrogens (primary N) is 1. The Labute approximate surface area is 163 Å². The number of thiocarbonyl (C=S) groups is 1. The number of carbonyl (C=O) groups excluding carboxylic acids is 1. The predicted molar refractivity (Wildman–Crippen MR) is 98.8 cm³/mol. The van der Waals surface area contributed by atoms with Crippen LogP contribution < -0.4 is 16.5 Å². The number of hydrogen-bond acceptors (Lipinski definition) is 7. The van der Waals surface area contributed by atoms with E-state index in [1.807, 2.05) is 0 Å². The smallest absolute Gasteiger partial charge is 0.249 e. The molecule has 0 spiro atoms. The minimum absolute atomic E-state index is 0.0877. The monoisotopic (exact) mass is 422 g/mol. The third-order valence-electron chi connectivity index (χ3n) is 3.52. The number of ether oxygens (including phenoxy) is 1. The van der Waals surface area contributed by atoms with Crippen LogP contribution in [0.1, 0.15) is 5.56 Å². The van der Waals surface area contributed by atoms with E-state index >= 15 is 0 Å². The highest BCUT2D eigenvalue weighted by molar-refractivity contribution is 7.80. The lowest BCUT2D eigenvalue weighted by molar-refractivity contribution is -0.222. The number of hydrazone groups is 1. The van der Waals surface area contributed by atoms with Crippen LogP contribution in [0.2, 0.25) is 10.0 Å². The molecule has 0 aromatic heterocycles. The predicted octanol–water partition coefficient (Wildman–Crippen LogP) is -0.916. The summed E-state index contributed by atoms with van der Waals surface area (Å²) >= 11 is 16.9. The van der Waals surface area contributed by atoms with Crippen LogP contribution in [0.5, 0.6) is 0 Å². The van der Waals surface area contributed by atoms with Gasteiger partial charge in [-0.3, -0.25) is 10.2 Å². The topological polar surface area (TPSA) is 149 Å². The molecular formula is C14H16Cl2N4O5S. The average Bonchev–Trinajstić information content (AvgIpc) is 2.58. The molecule has 9 nitrogen and oxygen atoms in total. The van der Waals surface area contributed by atoms with Gasteiger partial charge in [-0.15, -0.1) is 0 Å². The van der Waals surface area contributed by atoms with Crippen LogP contribution in [0.25, 0.3) is 0 Å². The average molecular weight is 423 g/mol. The number of primary amides is 1. The lowest BCUT2D eigenvalue weighted by Gasteiger charge is -2.39. The number of nitrogens with zero attached hydrogens (tertiary/aromatic N) is 1. The van der Waals surface area contributed by atoms with Crippen LogP contribution in [-0.2, 0) is 9.53 Å². The van der Waals surface area contributed by atoms with E-state index in [1.165, 1.54) is 6.21 Å². The molecule has 26 heavy (non-hydrogen) atoms. The van der Waals surface area contributed by atoms with Crippen LogP contribution in [0.3, 0.4) is 0 Å². The Bertz CT molecular complexity index is 723. The number of amides is 1. The van der Waals surface area contributed by atoms with Gasteiger partial charge in [-0.2, -0.15) is 5.10 Å². The summed E-state index contributed by atoms with van der Waals surface area (Å²) in [5.41, 5.74) is 8.08. The molecule has 1 fully saturated rings. The van der Waals surface area contributed by atoms with E-state index in [2.05, 4.69) is 15.8 Å². The van der Waals surface area contributed by atoms with Gasteiger partial charge in [0, 0.05) is 5.56 Å². The third kappa shape index (κ3) is 4.80. The molecule has 7 N–H and O–H groups in total. The first kappa shape index (κ1) is 20.8. The quantitative estimate of drug-likeness (QED) is 0.207. The van der Waals surface area contributed by atoms with Gasteiger partial charge in [-0.05, 0) is 18.3 Å². The molecule has 5 atom stereocenters. The maximum atomic E-state index is 11.3. The van der Waals surface area contributed by atoms with Crippen molar-refractivity contribution >= 4 is 52.7 Å². The van der Waals surface area contributed by atoms with Crippen LogP contribution in [0, 0.1) is 0 Å². The highest BCUT2D eigenvalue weighted by Crippen LogP contribution is 2.24. The van der Waals surface area contributed by atoms with E-state index in [4.69, 9.17) is 45.9 Å². The van der Waals surface area contributed by atoms with Crippen molar-refractivity contribution < 1.29 is 24.9 Å². The number of carbonyl (C=O) groups is 1. The minimum atomic E-state index is -1.66. The van der Waals surface area contributed by atoms with E-state index in [0.717, 1.165) is 0 Å².